The standard InChI is InChI=1S/C22H18ClN3O2/c1-15-9-10-26-14-17(24-21(26)11-15)13-22(27)25-19-12-16(23)7-8-20(19)28-18-5-3-2-4-6-18/h2-12,14H,13H2,1H3,(H,25,27). The summed E-state index contributed by atoms with van der Waals surface area (Å²) in [5.41, 5.74) is 3.14. The van der Waals surface area contributed by atoms with Crippen molar-refractivity contribution < 1.29 is 9.53 Å². The van der Waals surface area contributed by atoms with Crippen molar-refractivity contribution in [3.8, 4) is 11.5 Å². The lowest BCUT2D eigenvalue weighted by Crippen LogP contribution is -2.15. The number of nitrogens with zero attached hydrogens (tertiary/aromatic N) is 2. The molecule has 5 nitrogen and oxygen atoms in total. The summed E-state index contributed by atoms with van der Waals surface area (Å²) in [4.78, 5) is 17.1. The highest BCUT2D eigenvalue weighted by Crippen LogP contribution is 2.32. The van der Waals surface area contributed by atoms with E-state index < -0.39 is 0 Å². The highest BCUT2D eigenvalue weighted by Gasteiger charge is 2.12. The number of ether oxygens (including phenoxy) is 1. The fraction of sp³-hybridized carbons (Fsp3) is 0.0909. The molecular formula is C22H18ClN3O2. The predicted molar refractivity (Wildman–Crippen MR) is 110 cm³/mol. The summed E-state index contributed by atoms with van der Waals surface area (Å²) in [7, 11) is 0. The van der Waals surface area contributed by atoms with Gasteiger partial charge in [-0.2, -0.15) is 0 Å². The summed E-state index contributed by atoms with van der Waals surface area (Å²) in [6, 6.07) is 18.5. The van der Waals surface area contributed by atoms with Crippen LogP contribution in [-0.2, 0) is 11.2 Å². The number of hydrogen-bond acceptors (Lipinski definition) is 3. The van der Waals surface area contributed by atoms with E-state index in [1.165, 1.54) is 0 Å². The van der Waals surface area contributed by atoms with Crippen molar-refractivity contribution in [1.82, 2.24) is 9.38 Å². The van der Waals surface area contributed by atoms with Gasteiger partial charge in [0.1, 0.15) is 11.4 Å². The number of aryl methyl sites for hydroxylation is 1. The number of halogens is 1. The smallest absolute Gasteiger partial charge is 0.230 e. The second kappa shape index (κ2) is 7.74. The van der Waals surface area contributed by atoms with Crippen molar-refractivity contribution in [2.75, 3.05) is 5.32 Å². The number of aromatic nitrogens is 2. The van der Waals surface area contributed by atoms with Gasteiger partial charge in [0.25, 0.3) is 0 Å². The topological polar surface area (TPSA) is 55.6 Å². The number of rotatable bonds is 5. The quantitative estimate of drug-likeness (QED) is 0.504. The van der Waals surface area contributed by atoms with Gasteiger partial charge in [0.2, 0.25) is 5.91 Å². The molecule has 2 aromatic carbocycles. The Morgan fingerprint density at radius 2 is 1.96 bits per heavy atom. The monoisotopic (exact) mass is 391 g/mol. The summed E-state index contributed by atoms with van der Waals surface area (Å²) in [6.07, 6.45) is 3.94. The number of hydrogen-bond donors (Lipinski definition) is 1. The third-order valence-electron chi connectivity index (χ3n) is 4.19. The summed E-state index contributed by atoms with van der Waals surface area (Å²) >= 11 is 6.11. The van der Waals surface area contributed by atoms with E-state index in [2.05, 4.69) is 10.3 Å². The molecule has 0 aliphatic carbocycles. The number of anilines is 1. The van der Waals surface area contributed by atoms with E-state index >= 15 is 0 Å². The highest BCUT2D eigenvalue weighted by atomic mass is 35.5. The van der Waals surface area contributed by atoms with Gasteiger partial charge in [0.15, 0.2) is 5.75 Å². The van der Waals surface area contributed by atoms with Crippen molar-refractivity contribution in [3.05, 3.63) is 89.3 Å². The van der Waals surface area contributed by atoms with Crippen LogP contribution in [0.2, 0.25) is 5.02 Å². The lowest BCUT2D eigenvalue weighted by atomic mass is 10.2. The fourth-order valence-electron chi connectivity index (χ4n) is 2.88. The summed E-state index contributed by atoms with van der Waals surface area (Å²) in [5, 5.41) is 3.39. The van der Waals surface area contributed by atoms with Crippen LogP contribution in [0, 0.1) is 6.92 Å². The van der Waals surface area contributed by atoms with E-state index in [0.717, 1.165) is 11.2 Å². The Balaban J connectivity index is 1.52. The van der Waals surface area contributed by atoms with Gasteiger partial charge in [-0.1, -0.05) is 29.8 Å². The lowest BCUT2D eigenvalue weighted by Gasteiger charge is -2.12. The maximum Gasteiger partial charge on any atom is 0.230 e. The highest BCUT2D eigenvalue weighted by molar-refractivity contribution is 6.31. The maximum atomic E-state index is 12.6. The first-order chi connectivity index (χ1) is 13.6. The van der Waals surface area contributed by atoms with Gasteiger partial charge in [-0.25, -0.2) is 4.98 Å². The minimum Gasteiger partial charge on any atom is -0.455 e. The first-order valence-electron chi connectivity index (χ1n) is 8.83. The Labute approximate surface area is 167 Å². The Hall–Kier alpha value is -3.31. The molecule has 0 spiro atoms. The molecule has 0 saturated heterocycles. The molecule has 0 bridgehead atoms. The van der Waals surface area contributed by atoms with Crippen LogP contribution in [0.4, 0.5) is 5.69 Å². The zero-order chi connectivity index (χ0) is 19.5. The van der Waals surface area contributed by atoms with Crippen LogP contribution in [0.1, 0.15) is 11.3 Å². The molecule has 0 aliphatic heterocycles. The second-order valence-electron chi connectivity index (χ2n) is 6.48. The zero-order valence-corrected chi connectivity index (χ0v) is 16.0. The van der Waals surface area contributed by atoms with E-state index in [1.807, 2.05) is 66.2 Å². The van der Waals surface area contributed by atoms with Crippen molar-refractivity contribution in [3.63, 3.8) is 0 Å². The molecule has 28 heavy (non-hydrogen) atoms. The summed E-state index contributed by atoms with van der Waals surface area (Å²) < 4.78 is 7.79. The lowest BCUT2D eigenvalue weighted by molar-refractivity contribution is -0.115. The third kappa shape index (κ3) is 4.15. The summed E-state index contributed by atoms with van der Waals surface area (Å²) in [6.45, 7) is 2.01. The SMILES string of the molecule is Cc1ccn2cc(CC(=O)Nc3cc(Cl)ccc3Oc3ccccc3)nc2c1. The van der Waals surface area contributed by atoms with Crippen LogP contribution in [0.25, 0.3) is 5.65 Å². The van der Waals surface area contributed by atoms with Gasteiger partial charge in [0, 0.05) is 17.4 Å². The molecule has 6 heteroatoms. The summed E-state index contributed by atoms with van der Waals surface area (Å²) in [5.74, 6) is 1.01. The number of para-hydroxylation sites is 1. The Morgan fingerprint density at radius 3 is 2.79 bits per heavy atom. The molecule has 1 N–H and O–H groups in total. The molecule has 4 aromatic rings. The molecule has 1 amide bonds. The Kier molecular flexibility index (Phi) is 5.00. The molecule has 140 valence electrons. The van der Waals surface area contributed by atoms with E-state index in [-0.39, 0.29) is 12.3 Å². The van der Waals surface area contributed by atoms with Gasteiger partial charge < -0.3 is 14.5 Å². The number of benzene rings is 2. The number of carbonyl (C=O) groups is 1. The van der Waals surface area contributed by atoms with E-state index in [0.29, 0.717) is 27.9 Å². The van der Waals surface area contributed by atoms with E-state index in [9.17, 15) is 4.79 Å². The van der Waals surface area contributed by atoms with Crippen molar-refractivity contribution in [2.24, 2.45) is 0 Å². The minimum atomic E-state index is -0.194. The zero-order valence-electron chi connectivity index (χ0n) is 15.2. The average molecular weight is 392 g/mol. The third-order valence-corrected chi connectivity index (χ3v) is 4.43. The van der Waals surface area contributed by atoms with Crippen LogP contribution >= 0.6 is 11.6 Å². The molecule has 2 aromatic heterocycles. The number of amides is 1. The molecule has 4 rings (SSSR count). The van der Waals surface area contributed by atoms with Crippen LogP contribution < -0.4 is 10.1 Å². The molecule has 0 radical (unpaired) electrons. The molecular weight excluding hydrogens is 374 g/mol. The number of nitrogens with one attached hydrogen (secondary N) is 1. The first kappa shape index (κ1) is 18.1. The van der Waals surface area contributed by atoms with Gasteiger partial charge >= 0.3 is 0 Å². The number of carbonyl (C=O) groups excluding carboxylic acids is 1. The fourth-order valence-corrected chi connectivity index (χ4v) is 3.06. The predicted octanol–water partition coefficient (Wildman–Crippen LogP) is 5.27. The van der Waals surface area contributed by atoms with Gasteiger partial charge in [-0.05, 0) is 55.0 Å². The van der Waals surface area contributed by atoms with Crippen LogP contribution in [0.5, 0.6) is 11.5 Å². The van der Waals surface area contributed by atoms with Crippen LogP contribution in [0.15, 0.2) is 73.1 Å². The van der Waals surface area contributed by atoms with Gasteiger partial charge in [0.05, 0.1) is 17.8 Å². The number of fused-ring (bicyclic) bond motifs is 1. The largest absolute Gasteiger partial charge is 0.455 e. The molecule has 0 aliphatic rings. The van der Waals surface area contributed by atoms with E-state index in [1.54, 1.807) is 18.2 Å². The molecule has 0 unspecified atom stereocenters. The average Bonchev–Trinajstić information content (AvgIpc) is 3.06. The molecule has 0 atom stereocenters. The van der Waals surface area contributed by atoms with Crippen molar-refractivity contribution in [2.45, 2.75) is 13.3 Å². The van der Waals surface area contributed by atoms with Crippen LogP contribution in [0.3, 0.4) is 0 Å². The molecule has 2 heterocycles. The van der Waals surface area contributed by atoms with Crippen molar-refractivity contribution >= 4 is 28.8 Å². The van der Waals surface area contributed by atoms with Gasteiger partial charge in [-0.3, -0.25) is 4.79 Å². The molecule has 0 saturated carbocycles. The van der Waals surface area contributed by atoms with E-state index in [4.69, 9.17) is 16.3 Å². The van der Waals surface area contributed by atoms with Crippen LogP contribution in [-0.4, -0.2) is 15.3 Å². The minimum absolute atomic E-state index is 0.151. The van der Waals surface area contributed by atoms with Crippen molar-refractivity contribution in [1.29, 1.82) is 0 Å². The first-order valence-corrected chi connectivity index (χ1v) is 9.21. The molecule has 0 fully saturated rings. The normalized spacial score (nSPS) is 10.8. The maximum absolute atomic E-state index is 12.6. The number of imidazole rings is 1. The van der Waals surface area contributed by atoms with Gasteiger partial charge in [-0.15, -0.1) is 0 Å². The Bertz CT molecular complexity index is 1140. The number of pyridine rings is 1. The Morgan fingerprint density at radius 1 is 1.14 bits per heavy atom. The second-order valence-corrected chi connectivity index (χ2v) is 6.92.